The van der Waals surface area contributed by atoms with Gasteiger partial charge in [0.2, 0.25) is 5.91 Å². The second kappa shape index (κ2) is 7.59. The highest BCUT2D eigenvalue weighted by Crippen LogP contribution is 2.35. The fourth-order valence-electron chi connectivity index (χ4n) is 4.00. The predicted octanol–water partition coefficient (Wildman–Crippen LogP) is 1.81. The molecule has 1 amide bonds. The van der Waals surface area contributed by atoms with Gasteiger partial charge in [-0.2, -0.15) is 0 Å². The number of likely N-dealkylation sites (N-methyl/N-ethyl adjacent to an activating group) is 1. The van der Waals surface area contributed by atoms with E-state index in [2.05, 4.69) is 38.0 Å². The van der Waals surface area contributed by atoms with E-state index in [1.807, 2.05) is 4.90 Å². The molecule has 1 N–H and O–H groups in total. The van der Waals surface area contributed by atoms with Gasteiger partial charge < -0.3 is 10.2 Å². The average molecular weight is 295 g/mol. The molecule has 3 atom stereocenters. The summed E-state index contributed by atoms with van der Waals surface area (Å²) in [5.74, 6) is 2.54. The van der Waals surface area contributed by atoms with Crippen molar-refractivity contribution in [1.29, 1.82) is 0 Å². The van der Waals surface area contributed by atoms with Crippen molar-refractivity contribution >= 4 is 5.91 Å². The Bertz CT molecular complexity index is 339. The monoisotopic (exact) mass is 295 g/mol. The van der Waals surface area contributed by atoms with Gasteiger partial charge in [-0.05, 0) is 37.6 Å². The third-order valence-corrected chi connectivity index (χ3v) is 5.41. The Hall–Kier alpha value is -0.610. The largest absolute Gasteiger partial charge is 0.339 e. The Balaban J connectivity index is 1.92. The quantitative estimate of drug-likeness (QED) is 0.859. The fourth-order valence-corrected chi connectivity index (χ4v) is 4.00. The molecule has 1 aliphatic carbocycles. The first-order valence-electron chi connectivity index (χ1n) is 8.67. The van der Waals surface area contributed by atoms with Crippen LogP contribution in [0, 0.1) is 17.8 Å². The molecule has 122 valence electrons. The Morgan fingerprint density at radius 3 is 2.57 bits per heavy atom. The van der Waals surface area contributed by atoms with Gasteiger partial charge in [-0.25, -0.2) is 0 Å². The van der Waals surface area contributed by atoms with Gasteiger partial charge in [0.25, 0.3) is 0 Å². The lowest BCUT2D eigenvalue weighted by atomic mass is 9.73. The Morgan fingerprint density at radius 2 is 1.95 bits per heavy atom. The van der Waals surface area contributed by atoms with E-state index >= 15 is 0 Å². The number of hydrogen-bond acceptors (Lipinski definition) is 3. The highest BCUT2D eigenvalue weighted by atomic mass is 16.2. The maximum absolute atomic E-state index is 12.5. The van der Waals surface area contributed by atoms with Gasteiger partial charge in [-0.3, -0.25) is 9.69 Å². The zero-order valence-corrected chi connectivity index (χ0v) is 14.3. The van der Waals surface area contributed by atoms with Gasteiger partial charge in [0.15, 0.2) is 0 Å². The Labute approximate surface area is 130 Å². The zero-order valence-electron chi connectivity index (χ0n) is 14.3. The molecule has 0 spiro atoms. The molecule has 21 heavy (non-hydrogen) atoms. The van der Waals surface area contributed by atoms with Gasteiger partial charge >= 0.3 is 0 Å². The summed E-state index contributed by atoms with van der Waals surface area (Å²) < 4.78 is 0. The standard InChI is InChI=1S/C17H33N3O/c1-13(2)15-6-5-14(3)11-16(15)19(4)12-17(21)20-9-7-18-8-10-20/h13-16,18H,5-12H2,1-4H3. The molecular weight excluding hydrogens is 262 g/mol. The molecule has 2 fully saturated rings. The summed E-state index contributed by atoms with van der Waals surface area (Å²) in [6, 6.07) is 0.570. The minimum atomic E-state index is 0.305. The Kier molecular flexibility index (Phi) is 6.06. The SMILES string of the molecule is CC1CCC(C(C)C)C(N(C)CC(=O)N2CCNCC2)C1. The van der Waals surface area contributed by atoms with E-state index in [1.54, 1.807) is 0 Å². The van der Waals surface area contributed by atoms with Crippen LogP contribution in [0.4, 0.5) is 0 Å². The number of nitrogens with zero attached hydrogens (tertiary/aromatic N) is 2. The minimum Gasteiger partial charge on any atom is -0.339 e. The topological polar surface area (TPSA) is 35.6 Å². The van der Waals surface area contributed by atoms with Crippen LogP contribution in [0.15, 0.2) is 0 Å². The average Bonchev–Trinajstić information content (AvgIpc) is 2.47. The molecule has 4 nitrogen and oxygen atoms in total. The molecule has 0 aromatic carbocycles. The van der Waals surface area contributed by atoms with Crippen LogP contribution in [-0.4, -0.2) is 61.5 Å². The van der Waals surface area contributed by atoms with E-state index < -0.39 is 0 Å². The van der Waals surface area contributed by atoms with E-state index in [4.69, 9.17) is 0 Å². The Morgan fingerprint density at radius 1 is 1.29 bits per heavy atom. The van der Waals surface area contributed by atoms with Crippen LogP contribution < -0.4 is 5.32 Å². The van der Waals surface area contributed by atoms with Gasteiger partial charge in [-0.15, -0.1) is 0 Å². The van der Waals surface area contributed by atoms with Crippen LogP contribution in [0.5, 0.6) is 0 Å². The molecule has 1 heterocycles. The van der Waals surface area contributed by atoms with Crippen LogP contribution >= 0.6 is 0 Å². The number of carbonyl (C=O) groups is 1. The highest BCUT2D eigenvalue weighted by molar-refractivity contribution is 5.78. The van der Waals surface area contributed by atoms with Crippen molar-refractivity contribution in [2.45, 2.75) is 46.1 Å². The van der Waals surface area contributed by atoms with Gasteiger partial charge in [0, 0.05) is 32.2 Å². The lowest BCUT2D eigenvalue weighted by molar-refractivity contribution is -0.133. The van der Waals surface area contributed by atoms with Gasteiger partial charge in [0.05, 0.1) is 6.54 Å². The summed E-state index contributed by atoms with van der Waals surface area (Å²) in [6.45, 7) is 11.2. The van der Waals surface area contributed by atoms with E-state index in [1.165, 1.54) is 19.3 Å². The summed E-state index contributed by atoms with van der Waals surface area (Å²) in [5, 5.41) is 3.31. The van der Waals surface area contributed by atoms with E-state index in [9.17, 15) is 4.79 Å². The lowest BCUT2D eigenvalue weighted by Gasteiger charge is -2.42. The lowest BCUT2D eigenvalue weighted by Crippen LogP contribution is -2.52. The van der Waals surface area contributed by atoms with Crippen molar-refractivity contribution in [2.24, 2.45) is 17.8 Å². The first-order chi connectivity index (χ1) is 9.99. The highest BCUT2D eigenvalue weighted by Gasteiger charge is 2.34. The van der Waals surface area contributed by atoms with Crippen molar-refractivity contribution < 1.29 is 4.79 Å². The van der Waals surface area contributed by atoms with Crippen LogP contribution in [0.25, 0.3) is 0 Å². The number of piperazine rings is 1. The van der Waals surface area contributed by atoms with Crippen molar-refractivity contribution in [3.05, 3.63) is 0 Å². The van der Waals surface area contributed by atoms with E-state index in [0.29, 0.717) is 24.4 Å². The molecule has 0 aromatic heterocycles. The van der Waals surface area contributed by atoms with E-state index in [0.717, 1.165) is 38.0 Å². The van der Waals surface area contributed by atoms with E-state index in [-0.39, 0.29) is 0 Å². The van der Waals surface area contributed by atoms with Crippen LogP contribution in [0.2, 0.25) is 0 Å². The fraction of sp³-hybridized carbons (Fsp3) is 0.941. The summed E-state index contributed by atoms with van der Waals surface area (Å²) in [5.41, 5.74) is 0. The van der Waals surface area contributed by atoms with Gasteiger partial charge in [-0.1, -0.05) is 27.2 Å². The number of hydrogen-bond donors (Lipinski definition) is 1. The molecule has 1 aliphatic heterocycles. The van der Waals surface area contributed by atoms with Crippen molar-refractivity contribution in [2.75, 3.05) is 39.8 Å². The first kappa shape index (κ1) is 16.8. The molecule has 0 radical (unpaired) electrons. The van der Waals surface area contributed by atoms with Crippen molar-refractivity contribution in [1.82, 2.24) is 15.1 Å². The maximum atomic E-state index is 12.5. The molecule has 0 aromatic rings. The molecule has 2 rings (SSSR count). The predicted molar refractivity (Wildman–Crippen MR) is 87.2 cm³/mol. The maximum Gasteiger partial charge on any atom is 0.236 e. The number of amides is 1. The van der Waals surface area contributed by atoms with Gasteiger partial charge in [0.1, 0.15) is 0 Å². The van der Waals surface area contributed by atoms with Crippen LogP contribution in [0.1, 0.15) is 40.0 Å². The molecular formula is C17H33N3O. The number of nitrogens with one attached hydrogen (secondary N) is 1. The second-order valence-corrected chi connectivity index (χ2v) is 7.44. The summed E-state index contributed by atoms with van der Waals surface area (Å²) in [7, 11) is 2.15. The van der Waals surface area contributed by atoms with Crippen molar-refractivity contribution in [3.8, 4) is 0 Å². The normalized spacial score (nSPS) is 31.0. The van der Waals surface area contributed by atoms with Crippen LogP contribution in [0.3, 0.4) is 0 Å². The molecule has 1 saturated carbocycles. The molecule has 3 unspecified atom stereocenters. The first-order valence-corrected chi connectivity index (χ1v) is 8.67. The summed E-state index contributed by atoms with van der Waals surface area (Å²) in [4.78, 5) is 16.8. The number of carbonyl (C=O) groups excluding carboxylic acids is 1. The van der Waals surface area contributed by atoms with Crippen molar-refractivity contribution in [3.63, 3.8) is 0 Å². The third kappa shape index (κ3) is 4.43. The summed E-state index contributed by atoms with van der Waals surface area (Å²) in [6.07, 6.45) is 3.91. The van der Waals surface area contributed by atoms with Crippen LogP contribution in [-0.2, 0) is 4.79 Å². The molecule has 2 aliphatic rings. The smallest absolute Gasteiger partial charge is 0.236 e. The zero-order chi connectivity index (χ0) is 15.4. The molecule has 1 saturated heterocycles. The third-order valence-electron chi connectivity index (χ3n) is 5.41. The molecule has 4 heteroatoms. The minimum absolute atomic E-state index is 0.305. The summed E-state index contributed by atoms with van der Waals surface area (Å²) >= 11 is 0. The molecule has 0 bridgehead atoms. The number of rotatable bonds is 4. The second-order valence-electron chi connectivity index (χ2n) is 7.44.